The Hall–Kier alpha value is -2.24. The third-order valence-electron chi connectivity index (χ3n) is 4.71. The zero-order chi connectivity index (χ0) is 19.6. The van der Waals surface area contributed by atoms with Gasteiger partial charge < -0.3 is 9.29 Å². The molecule has 1 aliphatic heterocycles. The first-order valence-electron chi connectivity index (χ1n) is 9.02. The summed E-state index contributed by atoms with van der Waals surface area (Å²) in [6, 6.07) is 13.8. The maximum atomic E-state index is 12.4. The van der Waals surface area contributed by atoms with Gasteiger partial charge in [0, 0.05) is 5.57 Å². The van der Waals surface area contributed by atoms with Crippen LogP contribution >= 0.6 is 0 Å². The predicted molar refractivity (Wildman–Crippen MR) is 108 cm³/mol. The molecule has 0 fully saturated rings. The van der Waals surface area contributed by atoms with Crippen molar-refractivity contribution >= 4 is 28.2 Å². The minimum Gasteiger partial charge on any atom is -0.457 e. The molecule has 0 saturated carbocycles. The van der Waals surface area contributed by atoms with E-state index in [-0.39, 0.29) is 18.3 Å². The largest absolute Gasteiger partial charge is 0.457 e. The van der Waals surface area contributed by atoms with Crippen LogP contribution in [0.2, 0.25) is 0 Å². The smallest absolute Gasteiger partial charge is 0.339 e. The first kappa shape index (κ1) is 19.5. The van der Waals surface area contributed by atoms with E-state index in [1.807, 2.05) is 37.3 Å². The molecular formula is C22H24O4S. The number of aryl methyl sites for hydroxylation is 1. The second kappa shape index (κ2) is 8.19. The van der Waals surface area contributed by atoms with Gasteiger partial charge in [0.1, 0.15) is 6.61 Å². The molecule has 0 radical (unpaired) electrons. The lowest BCUT2D eigenvalue weighted by Gasteiger charge is -2.10. The number of esters is 1. The maximum Gasteiger partial charge on any atom is 0.339 e. The van der Waals surface area contributed by atoms with Crippen molar-refractivity contribution in [3.8, 4) is 0 Å². The van der Waals surface area contributed by atoms with Crippen LogP contribution in [0.25, 0.3) is 11.1 Å². The molecule has 0 spiro atoms. The Kier molecular flexibility index (Phi) is 5.92. The quantitative estimate of drug-likeness (QED) is 0.593. The van der Waals surface area contributed by atoms with Gasteiger partial charge in [-0.1, -0.05) is 56.3 Å². The molecule has 0 aliphatic carbocycles. The average molecular weight is 384 g/mol. The molecule has 1 aliphatic rings. The van der Waals surface area contributed by atoms with Crippen molar-refractivity contribution in [2.45, 2.75) is 32.9 Å². The number of carbonyl (C=O) groups excluding carboxylic acids is 1. The second-order valence-corrected chi connectivity index (χ2v) is 8.26. The lowest BCUT2D eigenvalue weighted by atomic mass is 9.93. The average Bonchev–Trinajstić information content (AvgIpc) is 2.98. The van der Waals surface area contributed by atoms with Crippen molar-refractivity contribution in [3.05, 3.63) is 70.3 Å². The monoisotopic (exact) mass is 384 g/mol. The highest BCUT2D eigenvalue weighted by Crippen LogP contribution is 2.34. The number of rotatable bonds is 6. The zero-order valence-electron chi connectivity index (χ0n) is 15.8. The molecule has 5 heteroatoms. The van der Waals surface area contributed by atoms with Crippen molar-refractivity contribution in [1.29, 1.82) is 0 Å². The van der Waals surface area contributed by atoms with Crippen LogP contribution in [0.15, 0.2) is 42.5 Å². The molecule has 27 heavy (non-hydrogen) atoms. The molecular weight excluding hydrogens is 360 g/mol. The van der Waals surface area contributed by atoms with Crippen LogP contribution in [-0.4, -0.2) is 21.3 Å². The van der Waals surface area contributed by atoms with Gasteiger partial charge in [0.05, 0.1) is 11.3 Å². The van der Waals surface area contributed by atoms with Gasteiger partial charge in [0.2, 0.25) is 0 Å². The van der Waals surface area contributed by atoms with Crippen LogP contribution in [0.1, 0.15) is 41.7 Å². The first-order chi connectivity index (χ1) is 12.8. The Balaban J connectivity index is 1.97. The molecule has 2 aromatic rings. The summed E-state index contributed by atoms with van der Waals surface area (Å²) >= 11 is -1.88. The molecule has 0 aromatic heterocycles. The summed E-state index contributed by atoms with van der Waals surface area (Å²) in [5, 5.41) is 0. The van der Waals surface area contributed by atoms with Gasteiger partial charge in [-0.2, -0.15) is 0 Å². The summed E-state index contributed by atoms with van der Waals surface area (Å²) in [5.74, 6) is 0.377. The van der Waals surface area contributed by atoms with Crippen molar-refractivity contribution in [3.63, 3.8) is 0 Å². The minimum atomic E-state index is -1.88. The summed E-state index contributed by atoms with van der Waals surface area (Å²) in [7, 11) is 0. The number of benzene rings is 2. The molecule has 0 bridgehead atoms. The first-order valence-corrected chi connectivity index (χ1v) is 10.3. The number of hydrogen-bond donors (Lipinski definition) is 1. The van der Waals surface area contributed by atoms with Gasteiger partial charge >= 0.3 is 5.97 Å². The van der Waals surface area contributed by atoms with E-state index in [1.54, 1.807) is 0 Å². The minimum absolute atomic E-state index is 0.102. The molecule has 1 N–H and O–H groups in total. The highest BCUT2D eigenvalue weighted by Gasteiger charge is 2.27. The van der Waals surface area contributed by atoms with Crippen LogP contribution in [0.5, 0.6) is 0 Å². The highest BCUT2D eigenvalue weighted by molar-refractivity contribution is 7.78. The Morgan fingerprint density at radius 2 is 1.78 bits per heavy atom. The zero-order valence-corrected chi connectivity index (χ0v) is 16.6. The molecule has 3 rings (SSSR count). The Morgan fingerprint density at radius 1 is 1.11 bits per heavy atom. The molecule has 1 atom stereocenters. The van der Waals surface area contributed by atoms with Crippen molar-refractivity contribution < 1.29 is 18.3 Å². The van der Waals surface area contributed by atoms with E-state index in [0.717, 1.165) is 34.2 Å². The van der Waals surface area contributed by atoms with Crippen molar-refractivity contribution in [1.82, 2.24) is 0 Å². The van der Waals surface area contributed by atoms with Crippen molar-refractivity contribution in [2.24, 2.45) is 5.92 Å². The summed E-state index contributed by atoms with van der Waals surface area (Å²) in [6.45, 7) is 6.51. The van der Waals surface area contributed by atoms with Gasteiger partial charge in [-0.3, -0.25) is 0 Å². The highest BCUT2D eigenvalue weighted by atomic mass is 32.2. The molecule has 1 unspecified atom stereocenters. The Bertz CT molecular complexity index is 910. The molecule has 142 valence electrons. The maximum absolute atomic E-state index is 12.4. The molecule has 4 nitrogen and oxygen atoms in total. The fourth-order valence-corrected chi connectivity index (χ4v) is 3.97. The lowest BCUT2D eigenvalue weighted by Crippen LogP contribution is -2.00. The van der Waals surface area contributed by atoms with E-state index in [0.29, 0.717) is 11.5 Å². The van der Waals surface area contributed by atoms with Gasteiger partial charge in [0.15, 0.2) is 11.1 Å². The Morgan fingerprint density at radius 3 is 2.37 bits per heavy atom. The molecule has 1 heterocycles. The standard InChI is InChI=1S/C22H24O4S/c1-14(2)10-16-4-6-17(7-5-16)21-20(12-26-22(21)23)18-8-9-19(13-27(24)25)15(3)11-18/h4-9,11,14H,10,12-13H2,1-3H3,(H,24,25). The number of cyclic esters (lactones) is 1. The summed E-state index contributed by atoms with van der Waals surface area (Å²) in [6.07, 6.45) is 1.00. The third kappa shape index (κ3) is 4.54. The van der Waals surface area contributed by atoms with Crippen LogP contribution in [-0.2, 0) is 32.8 Å². The number of carbonyl (C=O) groups is 1. The molecule has 2 aromatic carbocycles. The SMILES string of the molecule is Cc1cc(C2=C(c3ccc(CC(C)C)cc3)C(=O)OC2)ccc1CS(=O)O. The number of hydrogen-bond acceptors (Lipinski definition) is 3. The fraction of sp³-hybridized carbons (Fsp3) is 0.318. The summed E-state index contributed by atoms with van der Waals surface area (Å²) < 4.78 is 25.5. The van der Waals surface area contributed by atoms with E-state index in [9.17, 15) is 9.00 Å². The topological polar surface area (TPSA) is 63.6 Å². The van der Waals surface area contributed by atoms with E-state index in [4.69, 9.17) is 9.29 Å². The normalized spacial score (nSPS) is 15.4. The van der Waals surface area contributed by atoms with Gasteiger partial charge in [-0.25, -0.2) is 9.00 Å². The van der Waals surface area contributed by atoms with Crippen LogP contribution < -0.4 is 0 Å². The Labute approximate surface area is 162 Å². The van der Waals surface area contributed by atoms with Crippen LogP contribution in [0, 0.1) is 12.8 Å². The predicted octanol–water partition coefficient (Wildman–Crippen LogP) is 4.38. The summed E-state index contributed by atoms with van der Waals surface area (Å²) in [4.78, 5) is 12.4. The summed E-state index contributed by atoms with van der Waals surface area (Å²) in [5.41, 5.74) is 6.23. The lowest BCUT2D eigenvalue weighted by molar-refractivity contribution is -0.133. The molecule has 0 amide bonds. The van der Waals surface area contributed by atoms with E-state index in [2.05, 4.69) is 26.0 Å². The third-order valence-corrected chi connectivity index (χ3v) is 5.27. The van der Waals surface area contributed by atoms with Gasteiger partial charge in [-0.15, -0.1) is 0 Å². The van der Waals surface area contributed by atoms with Crippen molar-refractivity contribution in [2.75, 3.05) is 6.61 Å². The van der Waals surface area contributed by atoms with E-state index in [1.165, 1.54) is 5.56 Å². The fourth-order valence-electron chi connectivity index (χ4n) is 3.38. The molecule has 0 saturated heterocycles. The second-order valence-electron chi connectivity index (χ2n) is 7.33. The van der Waals surface area contributed by atoms with E-state index >= 15 is 0 Å². The van der Waals surface area contributed by atoms with Gasteiger partial charge in [-0.05, 0) is 47.1 Å². The van der Waals surface area contributed by atoms with Crippen LogP contribution in [0.3, 0.4) is 0 Å². The van der Waals surface area contributed by atoms with Gasteiger partial charge in [0.25, 0.3) is 0 Å². The number of ether oxygens (including phenoxy) is 1. The van der Waals surface area contributed by atoms with E-state index < -0.39 is 11.1 Å². The van der Waals surface area contributed by atoms with Crippen LogP contribution in [0.4, 0.5) is 0 Å².